The number of likely N-dealkylation sites (N-methyl/N-ethyl adjacent to an activating group) is 1. The number of hydrogen-bond donors (Lipinski definition) is 1. The molecule has 0 fully saturated rings. The first-order valence-electron chi connectivity index (χ1n) is 10.2. The summed E-state index contributed by atoms with van der Waals surface area (Å²) in [4.78, 5) is 21.7. The van der Waals surface area contributed by atoms with E-state index in [-0.39, 0.29) is 30.6 Å². The standard InChI is InChI=1S/C23H31N3O4/c1-15-12-26(16(2)14-27)23(28)20-10-18(17-6-8-19(29-5)9-7-17)11-24-22(20)30-21(15)13-25(3)4/h6-11,15-16,21,27H,12-14H2,1-5H3/t15-,16-,21-/m0/s1. The number of carbonyl (C=O) groups is 1. The Bertz CT molecular complexity index is 869. The molecule has 1 aromatic carbocycles. The molecule has 0 radical (unpaired) electrons. The van der Waals surface area contributed by atoms with Gasteiger partial charge in [-0.3, -0.25) is 4.79 Å². The zero-order chi connectivity index (χ0) is 21.8. The van der Waals surface area contributed by atoms with Gasteiger partial charge in [0, 0.05) is 30.8 Å². The van der Waals surface area contributed by atoms with Crippen molar-refractivity contribution >= 4 is 5.91 Å². The van der Waals surface area contributed by atoms with E-state index in [2.05, 4.69) is 16.8 Å². The first-order chi connectivity index (χ1) is 14.3. The average Bonchev–Trinajstić information content (AvgIpc) is 2.75. The molecule has 1 aliphatic heterocycles. The number of hydrogen-bond acceptors (Lipinski definition) is 6. The van der Waals surface area contributed by atoms with Crippen LogP contribution in [0.15, 0.2) is 36.5 Å². The molecule has 1 amide bonds. The van der Waals surface area contributed by atoms with Gasteiger partial charge in [-0.1, -0.05) is 19.1 Å². The lowest BCUT2D eigenvalue weighted by atomic mass is 9.99. The van der Waals surface area contributed by atoms with Crippen LogP contribution in [0.4, 0.5) is 0 Å². The van der Waals surface area contributed by atoms with Gasteiger partial charge in [0.25, 0.3) is 5.91 Å². The maximum absolute atomic E-state index is 13.4. The number of methoxy groups -OCH3 is 1. The summed E-state index contributed by atoms with van der Waals surface area (Å²) in [6, 6.07) is 9.14. The first-order valence-corrected chi connectivity index (χ1v) is 10.2. The van der Waals surface area contributed by atoms with E-state index >= 15 is 0 Å². The molecule has 3 rings (SSSR count). The fraction of sp³-hybridized carbons (Fsp3) is 0.478. The molecular formula is C23H31N3O4. The number of nitrogens with zero attached hydrogens (tertiary/aromatic N) is 3. The molecule has 0 saturated carbocycles. The van der Waals surface area contributed by atoms with Gasteiger partial charge in [-0.05, 0) is 44.8 Å². The minimum absolute atomic E-state index is 0.0848. The number of fused-ring (bicyclic) bond motifs is 1. The molecule has 7 nitrogen and oxygen atoms in total. The van der Waals surface area contributed by atoms with E-state index in [0.717, 1.165) is 16.9 Å². The summed E-state index contributed by atoms with van der Waals surface area (Å²) in [6.45, 7) is 5.03. The zero-order valence-electron chi connectivity index (χ0n) is 18.3. The van der Waals surface area contributed by atoms with Gasteiger partial charge in [0.2, 0.25) is 5.88 Å². The number of aliphatic hydroxyl groups is 1. The SMILES string of the molecule is COc1ccc(-c2cnc3c(c2)C(=O)N([C@@H](C)CO)C[C@H](C)[C@H](CN(C)C)O3)cc1. The molecule has 2 aromatic rings. The monoisotopic (exact) mass is 413 g/mol. The minimum Gasteiger partial charge on any atom is -0.497 e. The van der Waals surface area contributed by atoms with Gasteiger partial charge in [-0.2, -0.15) is 0 Å². The second kappa shape index (κ2) is 9.45. The van der Waals surface area contributed by atoms with Gasteiger partial charge in [-0.25, -0.2) is 4.98 Å². The van der Waals surface area contributed by atoms with Crippen LogP contribution in [0.3, 0.4) is 0 Å². The Morgan fingerprint density at radius 3 is 2.60 bits per heavy atom. The highest BCUT2D eigenvalue weighted by atomic mass is 16.5. The number of aromatic nitrogens is 1. The molecule has 162 valence electrons. The molecule has 1 N–H and O–H groups in total. The van der Waals surface area contributed by atoms with E-state index in [1.807, 2.05) is 51.4 Å². The van der Waals surface area contributed by atoms with Crippen LogP contribution in [0.5, 0.6) is 11.6 Å². The summed E-state index contributed by atoms with van der Waals surface area (Å²) < 4.78 is 11.5. The van der Waals surface area contributed by atoms with Crippen molar-refractivity contribution in [1.82, 2.24) is 14.8 Å². The number of carbonyl (C=O) groups excluding carboxylic acids is 1. The maximum atomic E-state index is 13.4. The van der Waals surface area contributed by atoms with E-state index < -0.39 is 0 Å². The maximum Gasteiger partial charge on any atom is 0.259 e. The molecule has 2 heterocycles. The molecule has 1 aromatic heterocycles. The Hall–Kier alpha value is -2.64. The van der Waals surface area contributed by atoms with Crippen LogP contribution in [0.25, 0.3) is 11.1 Å². The second-order valence-corrected chi connectivity index (χ2v) is 8.19. The third-order valence-electron chi connectivity index (χ3n) is 5.49. The summed E-state index contributed by atoms with van der Waals surface area (Å²) >= 11 is 0. The highest BCUT2D eigenvalue weighted by Gasteiger charge is 2.34. The van der Waals surface area contributed by atoms with Crippen molar-refractivity contribution in [3.8, 4) is 22.8 Å². The highest BCUT2D eigenvalue weighted by molar-refractivity contribution is 5.98. The Kier molecular flexibility index (Phi) is 6.95. The Morgan fingerprint density at radius 2 is 2.00 bits per heavy atom. The summed E-state index contributed by atoms with van der Waals surface area (Å²) in [6.07, 6.45) is 1.60. The van der Waals surface area contributed by atoms with E-state index in [9.17, 15) is 9.90 Å². The Morgan fingerprint density at radius 1 is 1.30 bits per heavy atom. The van der Waals surface area contributed by atoms with Crippen LogP contribution in [-0.4, -0.2) is 78.8 Å². The van der Waals surface area contributed by atoms with Crippen LogP contribution in [0, 0.1) is 5.92 Å². The second-order valence-electron chi connectivity index (χ2n) is 8.19. The van der Waals surface area contributed by atoms with Crippen molar-refractivity contribution in [2.45, 2.75) is 26.0 Å². The Labute approximate surface area is 178 Å². The molecule has 0 unspecified atom stereocenters. The van der Waals surface area contributed by atoms with E-state index in [1.54, 1.807) is 18.2 Å². The van der Waals surface area contributed by atoms with Crippen molar-refractivity contribution in [3.05, 3.63) is 42.1 Å². The van der Waals surface area contributed by atoms with Crippen LogP contribution < -0.4 is 9.47 Å². The quantitative estimate of drug-likeness (QED) is 0.785. The fourth-order valence-electron chi connectivity index (χ4n) is 3.62. The molecule has 7 heteroatoms. The lowest BCUT2D eigenvalue weighted by molar-refractivity contribution is 0.0348. The lowest BCUT2D eigenvalue weighted by Gasteiger charge is -2.37. The van der Waals surface area contributed by atoms with Crippen molar-refractivity contribution in [2.24, 2.45) is 5.92 Å². The first kappa shape index (κ1) is 22.1. The van der Waals surface area contributed by atoms with Crippen molar-refractivity contribution in [2.75, 3.05) is 40.9 Å². The zero-order valence-corrected chi connectivity index (χ0v) is 18.3. The molecule has 0 bridgehead atoms. The smallest absolute Gasteiger partial charge is 0.259 e. The number of benzene rings is 1. The number of aliphatic hydroxyl groups excluding tert-OH is 1. The molecular weight excluding hydrogens is 382 g/mol. The summed E-state index contributed by atoms with van der Waals surface area (Å²) in [5.41, 5.74) is 2.17. The summed E-state index contributed by atoms with van der Waals surface area (Å²) in [5.74, 6) is 1.01. The molecule has 1 aliphatic rings. The van der Waals surface area contributed by atoms with Crippen molar-refractivity contribution in [1.29, 1.82) is 0 Å². The third kappa shape index (κ3) is 4.74. The van der Waals surface area contributed by atoms with E-state index in [1.165, 1.54) is 0 Å². The van der Waals surface area contributed by atoms with E-state index in [4.69, 9.17) is 9.47 Å². The molecule has 0 spiro atoms. The third-order valence-corrected chi connectivity index (χ3v) is 5.49. The van der Waals surface area contributed by atoms with Gasteiger partial charge in [0.05, 0.1) is 19.8 Å². The van der Waals surface area contributed by atoms with Crippen molar-refractivity contribution in [3.63, 3.8) is 0 Å². The van der Waals surface area contributed by atoms with Gasteiger partial charge >= 0.3 is 0 Å². The van der Waals surface area contributed by atoms with Crippen LogP contribution in [-0.2, 0) is 0 Å². The normalized spacial score (nSPS) is 20.2. The number of pyridine rings is 1. The number of ether oxygens (including phenoxy) is 2. The largest absolute Gasteiger partial charge is 0.497 e. The summed E-state index contributed by atoms with van der Waals surface area (Å²) in [7, 11) is 5.62. The fourth-order valence-corrected chi connectivity index (χ4v) is 3.62. The minimum atomic E-state index is -0.296. The van der Waals surface area contributed by atoms with Gasteiger partial charge in [0.15, 0.2) is 0 Å². The van der Waals surface area contributed by atoms with E-state index in [0.29, 0.717) is 24.5 Å². The predicted molar refractivity (Wildman–Crippen MR) is 116 cm³/mol. The lowest BCUT2D eigenvalue weighted by Crippen LogP contribution is -2.49. The molecule has 30 heavy (non-hydrogen) atoms. The number of rotatable bonds is 6. The Balaban J connectivity index is 2.04. The predicted octanol–water partition coefficient (Wildman–Crippen LogP) is 2.54. The molecule has 0 saturated heterocycles. The van der Waals surface area contributed by atoms with Gasteiger partial charge < -0.3 is 24.4 Å². The average molecular weight is 414 g/mol. The molecule has 3 atom stereocenters. The van der Waals surface area contributed by atoms with Gasteiger partial charge in [-0.15, -0.1) is 0 Å². The van der Waals surface area contributed by atoms with Crippen molar-refractivity contribution < 1.29 is 19.4 Å². The molecule has 0 aliphatic carbocycles. The topological polar surface area (TPSA) is 75.1 Å². The van der Waals surface area contributed by atoms with Gasteiger partial charge in [0.1, 0.15) is 17.4 Å². The highest BCUT2D eigenvalue weighted by Crippen LogP contribution is 2.30. The van der Waals surface area contributed by atoms with Crippen LogP contribution in [0.1, 0.15) is 24.2 Å². The van der Waals surface area contributed by atoms with Crippen LogP contribution in [0.2, 0.25) is 0 Å². The number of amides is 1. The van der Waals surface area contributed by atoms with Crippen LogP contribution >= 0.6 is 0 Å². The summed E-state index contributed by atoms with van der Waals surface area (Å²) in [5, 5.41) is 9.73.